The van der Waals surface area contributed by atoms with Crippen molar-refractivity contribution in [3.63, 3.8) is 0 Å². The second kappa shape index (κ2) is 7.75. The molecule has 2 aromatic carbocycles. The van der Waals surface area contributed by atoms with Crippen LogP contribution in [0.3, 0.4) is 0 Å². The zero-order valence-electron chi connectivity index (χ0n) is 16.3. The summed E-state index contributed by atoms with van der Waals surface area (Å²) in [6.07, 6.45) is 0.418. The number of rotatable bonds is 5. The van der Waals surface area contributed by atoms with Gasteiger partial charge in [-0.1, -0.05) is 60.7 Å². The highest BCUT2D eigenvalue weighted by atomic mass is 16.3. The third-order valence-corrected chi connectivity index (χ3v) is 5.03. The second-order valence-corrected chi connectivity index (χ2v) is 7.03. The lowest BCUT2D eigenvalue weighted by molar-refractivity contribution is -0.114. The lowest BCUT2D eigenvalue weighted by Crippen LogP contribution is -2.38. The van der Waals surface area contributed by atoms with Crippen LogP contribution >= 0.6 is 0 Å². The van der Waals surface area contributed by atoms with E-state index in [1.807, 2.05) is 79.7 Å². The third kappa shape index (κ3) is 3.69. The first kappa shape index (κ1) is 18.7. The average molecular weight is 386 g/mol. The number of carbonyl (C=O) groups excluding carboxylic acids is 1. The molecule has 0 saturated heterocycles. The molecule has 2 N–H and O–H groups in total. The van der Waals surface area contributed by atoms with Crippen LogP contribution in [0.5, 0.6) is 0 Å². The van der Waals surface area contributed by atoms with Gasteiger partial charge in [0.1, 0.15) is 28.5 Å². The van der Waals surface area contributed by atoms with Crippen LogP contribution in [0.2, 0.25) is 0 Å². The number of nitrogens with one attached hydrogen (secondary N) is 2. The van der Waals surface area contributed by atoms with Gasteiger partial charge < -0.3 is 4.42 Å². The summed E-state index contributed by atoms with van der Waals surface area (Å²) in [5.74, 6) is 1.08. The van der Waals surface area contributed by atoms with Gasteiger partial charge in [0, 0.05) is 6.42 Å². The molecule has 1 aromatic heterocycles. The van der Waals surface area contributed by atoms with Crippen LogP contribution in [0.4, 0.5) is 0 Å². The highest BCUT2D eigenvalue weighted by Gasteiger charge is 2.41. The van der Waals surface area contributed by atoms with E-state index in [0.29, 0.717) is 23.6 Å². The first-order chi connectivity index (χ1) is 14.1. The third-order valence-electron chi connectivity index (χ3n) is 5.03. The topological polar surface area (TPSA) is 79.0 Å². The molecule has 0 saturated carbocycles. The summed E-state index contributed by atoms with van der Waals surface area (Å²) in [6, 6.07) is 23.7. The molecule has 1 aliphatic heterocycles. The predicted molar refractivity (Wildman–Crippen MR) is 113 cm³/mol. The molecular formula is C23H22N4O2. The zero-order valence-corrected chi connectivity index (χ0v) is 16.3. The average Bonchev–Trinajstić information content (AvgIpc) is 3.41. The molecule has 6 nitrogen and oxygen atoms in total. The number of furan rings is 1. The standard InChI is InChI=1S/C23H22N4O2/c1-16-13-14-21(29-16)17(2)24-26-22(28)20-15-23(27-25-20,18-9-5-3-6-10-18)19-11-7-4-8-12-19/h3-14,27H,15H2,1-2H3,(H,26,28)/b24-17-. The van der Waals surface area contributed by atoms with Gasteiger partial charge in [0.15, 0.2) is 0 Å². The quantitative estimate of drug-likeness (QED) is 0.518. The number of hydrogen-bond donors (Lipinski definition) is 2. The maximum absolute atomic E-state index is 12.7. The van der Waals surface area contributed by atoms with Crippen LogP contribution in [0.1, 0.15) is 36.0 Å². The molecule has 146 valence electrons. The van der Waals surface area contributed by atoms with Gasteiger partial charge >= 0.3 is 0 Å². The van der Waals surface area contributed by atoms with Gasteiger partial charge in [-0.2, -0.15) is 10.2 Å². The molecular weight excluding hydrogens is 364 g/mol. The Morgan fingerprint density at radius 3 is 2.21 bits per heavy atom. The Kier molecular flexibility index (Phi) is 4.99. The maximum Gasteiger partial charge on any atom is 0.287 e. The molecule has 0 unspecified atom stereocenters. The lowest BCUT2D eigenvalue weighted by Gasteiger charge is -2.30. The van der Waals surface area contributed by atoms with Crippen molar-refractivity contribution in [1.29, 1.82) is 0 Å². The molecule has 0 radical (unpaired) electrons. The molecule has 4 rings (SSSR count). The number of nitrogens with zero attached hydrogens (tertiary/aromatic N) is 2. The van der Waals surface area contributed by atoms with Crippen molar-refractivity contribution in [2.45, 2.75) is 25.8 Å². The van der Waals surface area contributed by atoms with Crippen LogP contribution in [-0.2, 0) is 10.3 Å². The number of carbonyl (C=O) groups is 1. The summed E-state index contributed by atoms with van der Waals surface area (Å²) in [5, 5.41) is 8.52. The van der Waals surface area contributed by atoms with Crippen molar-refractivity contribution in [3.8, 4) is 0 Å². The summed E-state index contributed by atoms with van der Waals surface area (Å²) in [4.78, 5) is 12.7. The van der Waals surface area contributed by atoms with Gasteiger partial charge in [-0.3, -0.25) is 10.2 Å². The molecule has 3 aromatic rings. The molecule has 0 spiro atoms. The molecule has 1 aliphatic rings. The number of amides is 1. The molecule has 2 heterocycles. The lowest BCUT2D eigenvalue weighted by atomic mass is 9.80. The smallest absolute Gasteiger partial charge is 0.287 e. The number of aryl methyl sites for hydroxylation is 1. The minimum Gasteiger partial charge on any atom is -0.460 e. The van der Waals surface area contributed by atoms with Crippen LogP contribution in [0.15, 0.2) is 87.4 Å². The minimum atomic E-state index is -0.591. The Hall–Kier alpha value is -3.67. The minimum absolute atomic E-state index is 0.339. The van der Waals surface area contributed by atoms with Gasteiger partial charge in [0.05, 0.1) is 0 Å². The van der Waals surface area contributed by atoms with Crippen molar-refractivity contribution in [1.82, 2.24) is 10.9 Å². The Balaban J connectivity index is 1.55. The van der Waals surface area contributed by atoms with Crippen molar-refractivity contribution in [3.05, 3.63) is 95.4 Å². The van der Waals surface area contributed by atoms with Crippen molar-refractivity contribution >= 4 is 17.3 Å². The Labute approximate surface area is 169 Å². The van der Waals surface area contributed by atoms with Gasteiger partial charge in [0.2, 0.25) is 0 Å². The first-order valence-electron chi connectivity index (χ1n) is 9.45. The van der Waals surface area contributed by atoms with Gasteiger partial charge in [-0.15, -0.1) is 0 Å². The molecule has 0 atom stereocenters. The highest BCUT2D eigenvalue weighted by Crippen LogP contribution is 2.36. The van der Waals surface area contributed by atoms with Crippen molar-refractivity contribution in [2.24, 2.45) is 10.2 Å². The SMILES string of the molecule is C/C(=N/NC(=O)C1=NNC(c2ccccc2)(c2ccccc2)C1)c1ccc(C)o1. The van der Waals surface area contributed by atoms with Crippen LogP contribution in [-0.4, -0.2) is 17.3 Å². The van der Waals surface area contributed by atoms with Crippen LogP contribution in [0, 0.1) is 6.92 Å². The van der Waals surface area contributed by atoms with E-state index in [9.17, 15) is 4.79 Å². The van der Waals surface area contributed by atoms with Gasteiger partial charge in [-0.05, 0) is 37.1 Å². The van der Waals surface area contributed by atoms with E-state index in [2.05, 4.69) is 21.1 Å². The van der Waals surface area contributed by atoms with Gasteiger partial charge in [-0.25, -0.2) is 5.43 Å². The number of hydrogen-bond acceptors (Lipinski definition) is 5. The molecule has 0 fully saturated rings. The fraction of sp³-hybridized carbons (Fsp3) is 0.174. The number of hydrazone groups is 2. The van der Waals surface area contributed by atoms with E-state index in [4.69, 9.17) is 4.42 Å². The summed E-state index contributed by atoms with van der Waals surface area (Å²) in [7, 11) is 0. The van der Waals surface area contributed by atoms with E-state index in [0.717, 1.165) is 16.9 Å². The molecule has 0 bridgehead atoms. The monoisotopic (exact) mass is 386 g/mol. The van der Waals surface area contributed by atoms with E-state index in [1.165, 1.54) is 0 Å². The molecule has 0 aliphatic carbocycles. The molecule has 1 amide bonds. The first-order valence-corrected chi connectivity index (χ1v) is 9.45. The largest absolute Gasteiger partial charge is 0.460 e. The number of benzene rings is 2. The maximum atomic E-state index is 12.7. The van der Waals surface area contributed by atoms with E-state index < -0.39 is 5.54 Å². The summed E-state index contributed by atoms with van der Waals surface area (Å²) < 4.78 is 5.53. The summed E-state index contributed by atoms with van der Waals surface area (Å²) in [5.41, 5.74) is 8.29. The van der Waals surface area contributed by atoms with Crippen LogP contribution in [0.25, 0.3) is 0 Å². The fourth-order valence-corrected chi connectivity index (χ4v) is 3.45. The van der Waals surface area contributed by atoms with Gasteiger partial charge in [0.25, 0.3) is 5.91 Å². The highest BCUT2D eigenvalue weighted by molar-refractivity contribution is 6.39. The Morgan fingerprint density at radius 2 is 1.66 bits per heavy atom. The second-order valence-electron chi connectivity index (χ2n) is 7.03. The fourth-order valence-electron chi connectivity index (χ4n) is 3.45. The molecule has 29 heavy (non-hydrogen) atoms. The van der Waals surface area contributed by atoms with Crippen molar-refractivity contribution < 1.29 is 9.21 Å². The van der Waals surface area contributed by atoms with E-state index in [-0.39, 0.29) is 5.91 Å². The Bertz CT molecular complexity index is 1030. The van der Waals surface area contributed by atoms with E-state index >= 15 is 0 Å². The normalized spacial score (nSPS) is 15.5. The molecule has 6 heteroatoms. The Morgan fingerprint density at radius 1 is 1.03 bits per heavy atom. The van der Waals surface area contributed by atoms with E-state index in [1.54, 1.807) is 6.92 Å². The van der Waals surface area contributed by atoms with Crippen LogP contribution < -0.4 is 10.9 Å². The van der Waals surface area contributed by atoms with Crippen molar-refractivity contribution in [2.75, 3.05) is 0 Å². The summed E-state index contributed by atoms with van der Waals surface area (Å²) >= 11 is 0. The predicted octanol–water partition coefficient (Wildman–Crippen LogP) is 3.72. The zero-order chi connectivity index (χ0) is 20.3. The summed E-state index contributed by atoms with van der Waals surface area (Å²) in [6.45, 7) is 3.65.